The number of rotatable bonds is 2. The molecule has 1 N–H and O–H groups in total. The Hall–Kier alpha value is -1.13. The van der Waals surface area contributed by atoms with Crippen LogP contribution in [0.1, 0.15) is 35.2 Å². The summed E-state index contributed by atoms with van der Waals surface area (Å²) < 4.78 is 5.36. The molecule has 1 aliphatic rings. The second-order valence-corrected chi connectivity index (χ2v) is 5.48. The fourth-order valence-corrected chi connectivity index (χ4v) is 3.75. The van der Waals surface area contributed by atoms with Gasteiger partial charge in [0.25, 0.3) is 0 Å². The maximum atomic E-state index is 5.36. The molecule has 0 fully saturated rings. The summed E-state index contributed by atoms with van der Waals surface area (Å²) in [5, 5.41) is 4.48. The van der Waals surface area contributed by atoms with Gasteiger partial charge >= 0.3 is 0 Å². The molecule has 0 amide bonds. The Kier molecular flexibility index (Phi) is 2.76. The maximum Gasteiger partial charge on any atom is 0.127 e. The SMILES string of the molecule is CNC1CCCc2nc(-c3ccoc3C)sc21. The van der Waals surface area contributed by atoms with Crippen molar-refractivity contribution in [3.8, 4) is 10.6 Å². The van der Waals surface area contributed by atoms with Crippen LogP contribution in [0.15, 0.2) is 16.7 Å². The molecule has 0 spiro atoms. The summed E-state index contributed by atoms with van der Waals surface area (Å²) in [6.07, 6.45) is 5.29. The Morgan fingerprint density at radius 3 is 3.12 bits per heavy atom. The monoisotopic (exact) mass is 248 g/mol. The van der Waals surface area contributed by atoms with Gasteiger partial charge in [0.2, 0.25) is 0 Å². The Bertz CT molecular complexity index is 529. The molecule has 2 aromatic rings. The van der Waals surface area contributed by atoms with Crippen molar-refractivity contribution < 1.29 is 4.42 Å². The maximum absolute atomic E-state index is 5.36. The lowest BCUT2D eigenvalue weighted by Crippen LogP contribution is -2.19. The molecule has 2 aromatic heterocycles. The van der Waals surface area contributed by atoms with Crippen molar-refractivity contribution >= 4 is 11.3 Å². The smallest absolute Gasteiger partial charge is 0.127 e. The minimum atomic E-state index is 0.484. The molecular formula is C13H16N2OS. The van der Waals surface area contributed by atoms with E-state index in [0.717, 1.165) is 22.8 Å². The second kappa shape index (κ2) is 4.27. The molecule has 1 atom stereocenters. The molecule has 0 radical (unpaired) electrons. The standard InChI is InChI=1S/C13H16N2OS/c1-8-9(6-7-16-8)13-15-11-5-3-4-10(14-2)12(11)17-13/h6-7,10,14H,3-5H2,1-2H3. The van der Waals surface area contributed by atoms with Gasteiger partial charge in [0.1, 0.15) is 10.8 Å². The van der Waals surface area contributed by atoms with Crippen LogP contribution in [0.5, 0.6) is 0 Å². The van der Waals surface area contributed by atoms with Crippen molar-refractivity contribution in [3.05, 3.63) is 28.7 Å². The summed E-state index contributed by atoms with van der Waals surface area (Å²) in [5.41, 5.74) is 2.41. The van der Waals surface area contributed by atoms with E-state index in [1.807, 2.05) is 20.0 Å². The van der Waals surface area contributed by atoms with E-state index >= 15 is 0 Å². The number of thiazole rings is 1. The molecule has 3 rings (SSSR count). The summed E-state index contributed by atoms with van der Waals surface area (Å²) in [7, 11) is 2.03. The van der Waals surface area contributed by atoms with Crippen LogP contribution < -0.4 is 5.32 Å². The van der Waals surface area contributed by atoms with Crippen LogP contribution in [-0.4, -0.2) is 12.0 Å². The molecule has 2 heterocycles. The fourth-order valence-electron chi connectivity index (χ4n) is 2.42. The van der Waals surface area contributed by atoms with E-state index in [-0.39, 0.29) is 0 Å². The molecule has 0 aromatic carbocycles. The van der Waals surface area contributed by atoms with Gasteiger partial charge in [-0.25, -0.2) is 4.98 Å². The Labute approximate surface area is 105 Å². The highest BCUT2D eigenvalue weighted by molar-refractivity contribution is 7.15. The van der Waals surface area contributed by atoms with Gasteiger partial charge in [0.05, 0.1) is 17.5 Å². The summed E-state index contributed by atoms with van der Waals surface area (Å²) >= 11 is 1.81. The van der Waals surface area contributed by atoms with Gasteiger partial charge in [-0.1, -0.05) is 0 Å². The highest BCUT2D eigenvalue weighted by atomic mass is 32.1. The fraction of sp³-hybridized carbons (Fsp3) is 0.462. The predicted molar refractivity (Wildman–Crippen MR) is 69.3 cm³/mol. The van der Waals surface area contributed by atoms with Gasteiger partial charge in [-0.05, 0) is 39.3 Å². The van der Waals surface area contributed by atoms with E-state index in [9.17, 15) is 0 Å². The lowest BCUT2D eigenvalue weighted by Gasteiger charge is -2.19. The first kappa shape index (κ1) is 11.0. The van der Waals surface area contributed by atoms with Crippen molar-refractivity contribution in [2.24, 2.45) is 0 Å². The van der Waals surface area contributed by atoms with Gasteiger partial charge in [0, 0.05) is 10.9 Å². The van der Waals surface area contributed by atoms with Crippen LogP contribution in [0.2, 0.25) is 0 Å². The highest BCUT2D eigenvalue weighted by Crippen LogP contribution is 2.38. The molecule has 0 saturated carbocycles. The quantitative estimate of drug-likeness (QED) is 0.886. The average molecular weight is 248 g/mol. The van der Waals surface area contributed by atoms with E-state index < -0.39 is 0 Å². The number of hydrogen-bond acceptors (Lipinski definition) is 4. The molecule has 1 unspecified atom stereocenters. The lowest BCUT2D eigenvalue weighted by molar-refractivity contribution is 0.501. The third-order valence-electron chi connectivity index (χ3n) is 3.39. The Morgan fingerprint density at radius 1 is 1.53 bits per heavy atom. The van der Waals surface area contributed by atoms with Crippen LogP contribution in [0, 0.1) is 6.92 Å². The molecule has 17 heavy (non-hydrogen) atoms. The molecule has 1 aliphatic carbocycles. The number of furan rings is 1. The topological polar surface area (TPSA) is 38.1 Å². The summed E-state index contributed by atoms with van der Waals surface area (Å²) in [6, 6.07) is 2.49. The zero-order valence-electron chi connectivity index (χ0n) is 10.1. The van der Waals surface area contributed by atoms with Crippen LogP contribution >= 0.6 is 11.3 Å². The highest BCUT2D eigenvalue weighted by Gasteiger charge is 2.24. The van der Waals surface area contributed by atoms with Crippen LogP contribution in [-0.2, 0) is 6.42 Å². The average Bonchev–Trinajstić information content (AvgIpc) is 2.93. The van der Waals surface area contributed by atoms with E-state index in [4.69, 9.17) is 9.40 Å². The minimum Gasteiger partial charge on any atom is -0.469 e. The van der Waals surface area contributed by atoms with Gasteiger partial charge in [-0.2, -0.15) is 0 Å². The van der Waals surface area contributed by atoms with Crippen molar-refractivity contribution in [3.63, 3.8) is 0 Å². The first-order valence-corrected chi connectivity index (χ1v) is 6.82. The summed E-state index contributed by atoms with van der Waals surface area (Å²) in [6.45, 7) is 1.99. The molecule has 0 aliphatic heterocycles. The third kappa shape index (κ3) is 1.81. The largest absolute Gasteiger partial charge is 0.469 e. The normalized spacial score (nSPS) is 19.3. The number of fused-ring (bicyclic) bond motifs is 1. The first-order valence-electron chi connectivity index (χ1n) is 6.01. The van der Waals surface area contributed by atoms with E-state index in [0.29, 0.717) is 6.04 Å². The van der Waals surface area contributed by atoms with Gasteiger partial charge in [-0.3, -0.25) is 0 Å². The van der Waals surface area contributed by atoms with E-state index in [1.165, 1.54) is 23.4 Å². The Balaban J connectivity index is 2.04. The predicted octanol–water partition coefficient (Wildman–Crippen LogP) is 3.31. The molecule has 3 nitrogen and oxygen atoms in total. The van der Waals surface area contributed by atoms with E-state index in [2.05, 4.69) is 5.32 Å². The zero-order chi connectivity index (χ0) is 11.8. The van der Waals surface area contributed by atoms with Crippen molar-refractivity contribution in [2.45, 2.75) is 32.2 Å². The number of nitrogens with one attached hydrogen (secondary N) is 1. The lowest BCUT2D eigenvalue weighted by atomic mass is 9.98. The summed E-state index contributed by atoms with van der Waals surface area (Å²) in [5.74, 6) is 0.956. The molecule has 90 valence electrons. The molecule has 0 bridgehead atoms. The van der Waals surface area contributed by atoms with Crippen LogP contribution in [0.25, 0.3) is 10.6 Å². The van der Waals surface area contributed by atoms with Gasteiger partial charge < -0.3 is 9.73 Å². The van der Waals surface area contributed by atoms with Gasteiger partial charge in [-0.15, -0.1) is 11.3 Å². The molecular weight excluding hydrogens is 232 g/mol. The Morgan fingerprint density at radius 2 is 2.41 bits per heavy atom. The number of nitrogens with zero attached hydrogens (tertiary/aromatic N) is 1. The summed E-state index contributed by atoms with van der Waals surface area (Å²) in [4.78, 5) is 6.18. The number of aryl methyl sites for hydroxylation is 2. The van der Waals surface area contributed by atoms with E-state index in [1.54, 1.807) is 17.6 Å². The van der Waals surface area contributed by atoms with Gasteiger partial charge in [0.15, 0.2) is 0 Å². The van der Waals surface area contributed by atoms with Crippen LogP contribution in [0.3, 0.4) is 0 Å². The minimum absolute atomic E-state index is 0.484. The third-order valence-corrected chi connectivity index (χ3v) is 4.63. The van der Waals surface area contributed by atoms with Crippen molar-refractivity contribution in [1.82, 2.24) is 10.3 Å². The zero-order valence-corrected chi connectivity index (χ0v) is 10.9. The molecule has 4 heteroatoms. The first-order chi connectivity index (χ1) is 8.29. The van der Waals surface area contributed by atoms with Crippen LogP contribution in [0.4, 0.5) is 0 Å². The van der Waals surface area contributed by atoms with Crippen molar-refractivity contribution in [1.29, 1.82) is 0 Å². The van der Waals surface area contributed by atoms with Crippen molar-refractivity contribution in [2.75, 3.05) is 7.05 Å². The number of aromatic nitrogens is 1. The second-order valence-electron chi connectivity index (χ2n) is 4.45. The number of hydrogen-bond donors (Lipinski definition) is 1. The molecule has 0 saturated heterocycles.